The molecule has 0 unspecified atom stereocenters. The molecule has 0 amide bonds. The zero-order chi connectivity index (χ0) is 18.0. The van der Waals surface area contributed by atoms with E-state index in [2.05, 4.69) is 15.2 Å². The third-order valence-corrected chi connectivity index (χ3v) is 5.21. The summed E-state index contributed by atoms with van der Waals surface area (Å²) in [4.78, 5) is 6.78. The molecule has 0 aliphatic carbocycles. The van der Waals surface area contributed by atoms with E-state index < -0.39 is 0 Å². The minimum atomic E-state index is -0.142. The summed E-state index contributed by atoms with van der Waals surface area (Å²) in [5, 5.41) is 3.51. The van der Waals surface area contributed by atoms with Gasteiger partial charge in [-0.05, 0) is 19.3 Å². The summed E-state index contributed by atoms with van der Waals surface area (Å²) < 4.78 is 22.3. The average Bonchev–Trinajstić information content (AvgIpc) is 2.67. The molecule has 0 aromatic rings. The predicted octanol–water partition coefficient (Wildman–Crippen LogP) is 1.89. The molecule has 26 heavy (non-hydrogen) atoms. The van der Waals surface area contributed by atoms with Crippen LogP contribution in [0.1, 0.15) is 32.1 Å². The highest BCUT2D eigenvalue weighted by Gasteiger charge is 2.33. The zero-order valence-electron chi connectivity index (χ0n) is 16.5. The molecular formula is C18H36IN3O4. The lowest BCUT2D eigenvalue weighted by atomic mass is 9.94. The maximum Gasteiger partial charge on any atom is 0.193 e. The molecule has 7 nitrogen and oxygen atoms in total. The van der Waals surface area contributed by atoms with E-state index in [0.29, 0.717) is 6.10 Å². The molecule has 0 aromatic carbocycles. The number of hydrogen-bond acceptors (Lipinski definition) is 5. The van der Waals surface area contributed by atoms with Crippen LogP contribution in [0.2, 0.25) is 0 Å². The fourth-order valence-electron chi connectivity index (χ4n) is 3.46. The van der Waals surface area contributed by atoms with Crippen LogP contribution in [0.25, 0.3) is 0 Å². The Morgan fingerprint density at radius 1 is 1.19 bits per heavy atom. The molecule has 0 saturated carbocycles. The molecular weight excluding hydrogens is 449 g/mol. The first kappa shape index (κ1) is 23.9. The first-order valence-corrected chi connectivity index (χ1v) is 9.42. The molecule has 0 aromatic heterocycles. The van der Waals surface area contributed by atoms with Crippen molar-refractivity contribution in [2.45, 2.75) is 43.8 Å². The molecule has 2 fully saturated rings. The van der Waals surface area contributed by atoms with Crippen molar-refractivity contribution < 1.29 is 18.9 Å². The van der Waals surface area contributed by atoms with Gasteiger partial charge in [-0.3, -0.25) is 4.99 Å². The maximum absolute atomic E-state index is 5.93. The molecule has 2 rings (SSSR count). The Morgan fingerprint density at radius 2 is 1.88 bits per heavy atom. The van der Waals surface area contributed by atoms with Gasteiger partial charge in [-0.1, -0.05) is 0 Å². The maximum atomic E-state index is 5.93. The standard InChI is InChI=1S/C18H35N3O4.HI/c1-19-17(20-15-18(23-3)7-13-24-14-8-18)21-9-5-16(6-10-21)25-12-4-11-22-2;/h16H,4-15H2,1-3H3,(H,19,20);1H. The highest BCUT2D eigenvalue weighted by atomic mass is 127. The molecule has 1 N–H and O–H groups in total. The Hall–Kier alpha value is -0.160. The summed E-state index contributed by atoms with van der Waals surface area (Å²) in [7, 11) is 5.37. The SMILES string of the molecule is CN=C(NCC1(OC)CCOCC1)N1CCC(OCCCOC)CC1.I. The minimum Gasteiger partial charge on any atom is -0.385 e. The number of halogens is 1. The molecule has 0 bridgehead atoms. The number of aliphatic imine (C=N–C) groups is 1. The van der Waals surface area contributed by atoms with Gasteiger partial charge in [-0.2, -0.15) is 0 Å². The average molecular weight is 485 g/mol. The van der Waals surface area contributed by atoms with Crippen molar-refractivity contribution in [1.82, 2.24) is 10.2 Å². The number of ether oxygens (including phenoxy) is 4. The predicted molar refractivity (Wildman–Crippen MR) is 114 cm³/mol. The smallest absolute Gasteiger partial charge is 0.193 e. The van der Waals surface area contributed by atoms with Crippen molar-refractivity contribution in [2.75, 3.05) is 67.3 Å². The Bertz CT molecular complexity index is 398. The molecule has 2 aliphatic heterocycles. The Balaban J connectivity index is 0.00000338. The van der Waals surface area contributed by atoms with Gasteiger partial charge in [0, 0.05) is 80.2 Å². The first-order chi connectivity index (χ1) is 12.2. The number of guanidine groups is 1. The van der Waals surface area contributed by atoms with Crippen molar-refractivity contribution in [2.24, 2.45) is 4.99 Å². The van der Waals surface area contributed by atoms with Gasteiger partial charge in [-0.25, -0.2) is 0 Å². The number of likely N-dealkylation sites (tertiary alicyclic amines) is 1. The van der Waals surface area contributed by atoms with E-state index in [9.17, 15) is 0 Å². The molecule has 0 radical (unpaired) electrons. The first-order valence-electron chi connectivity index (χ1n) is 9.42. The van der Waals surface area contributed by atoms with Crippen molar-refractivity contribution in [3.63, 3.8) is 0 Å². The summed E-state index contributed by atoms with van der Waals surface area (Å²) in [6.45, 7) is 5.79. The topological polar surface area (TPSA) is 64.6 Å². The summed E-state index contributed by atoms with van der Waals surface area (Å²) in [6, 6.07) is 0. The molecule has 2 saturated heterocycles. The van der Waals surface area contributed by atoms with Crippen LogP contribution in [0.15, 0.2) is 4.99 Å². The van der Waals surface area contributed by atoms with E-state index in [1.165, 1.54) is 0 Å². The lowest BCUT2D eigenvalue weighted by molar-refractivity contribution is -0.0858. The molecule has 154 valence electrons. The molecule has 0 spiro atoms. The highest BCUT2D eigenvalue weighted by Crippen LogP contribution is 2.23. The monoisotopic (exact) mass is 485 g/mol. The molecule has 2 aliphatic rings. The van der Waals surface area contributed by atoms with Crippen molar-refractivity contribution >= 4 is 29.9 Å². The van der Waals surface area contributed by atoms with Gasteiger partial charge in [-0.15, -0.1) is 24.0 Å². The Kier molecular flexibility index (Phi) is 12.0. The van der Waals surface area contributed by atoms with Crippen LogP contribution in [0.4, 0.5) is 0 Å². The van der Waals surface area contributed by atoms with Crippen molar-refractivity contribution in [3.05, 3.63) is 0 Å². The van der Waals surface area contributed by atoms with Crippen LogP contribution in [0.5, 0.6) is 0 Å². The molecule has 2 heterocycles. The van der Waals surface area contributed by atoms with Gasteiger partial charge in [0.05, 0.1) is 11.7 Å². The third kappa shape index (κ3) is 7.46. The van der Waals surface area contributed by atoms with Gasteiger partial charge in [0.2, 0.25) is 0 Å². The number of rotatable bonds is 8. The van der Waals surface area contributed by atoms with E-state index in [0.717, 1.165) is 84.1 Å². The fraction of sp³-hybridized carbons (Fsp3) is 0.944. The summed E-state index contributed by atoms with van der Waals surface area (Å²) in [5.74, 6) is 0.959. The quantitative estimate of drug-likeness (QED) is 0.245. The minimum absolute atomic E-state index is 0. The van der Waals surface area contributed by atoms with Crippen LogP contribution < -0.4 is 5.32 Å². The summed E-state index contributed by atoms with van der Waals surface area (Å²) >= 11 is 0. The van der Waals surface area contributed by atoms with E-state index in [4.69, 9.17) is 18.9 Å². The molecule has 8 heteroatoms. The lowest BCUT2D eigenvalue weighted by Crippen LogP contribution is -2.53. The number of hydrogen-bond donors (Lipinski definition) is 1. The van der Waals surface area contributed by atoms with Crippen molar-refractivity contribution in [3.8, 4) is 0 Å². The summed E-state index contributed by atoms with van der Waals surface area (Å²) in [6.07, 6.45) is 5.24. The van der Waals surface area contributed by atoms with E-state index in [1.54, 1.807) is 14.2 Å². The third-order valence-electron chi connectivity index (χ3n) is 5.21. The number of piperidine rings is 1. The van der Waals surface area contributed by atoms with E-state index >= 15 is 0 Å². The van der Waals surface area contributed by atoms with Crippen molar-refractivity contribution in [1.29, 1.82) is 0 Å². The normalized spacial score (nSPS) is 21.3. The molecule has 0 atom stereocenters. The van der Waals surface area contributed by atoms with Gasteiger partial charge < -0.3 is 29.2 Å². The fourth-order valence-corrected chi connectivity index (χ4v) is 3.46. The van der Waals surface area contributed by atoms with Gasteiger partial charge in [0.25, 0.3) is 0 Å². The van der Waals surface area contributed by atoms with Gasteiger partial charge in [0.1, 0.15) is 0 Å². The van der Waals surface area contributed by atoms with Crippen LogP contribution in [0.3, 0.4) is 0 Å². The lowest BCUT2D eigenvalue weighted by Gasteiger charge is -2.38. The van der Waals surface area contributed by atoms with Gasteiger partial charge in [0.15, 0.2) is 5.96 Å². The van der Waals surface area contributed by atoms with Crippen LogP contribution in [-0.4, -0.2) is 89.9 Å². The second kappa shape index (κ2) is 13.1. The van der Waals surface area contributed by atoms with E-state index in [1.807, 2.05) is 7.05 Å². The van der Waals surface area contributed by atoms with Crippen LogP contribution >= 0.6 is 24.0 Å². The van der Waals surface area contributed by atoms with Crippen LogP contribution in [-0.2, 0) is 18.9 Å². The van der Waals surface area contributed by atoms with Crippen LogP contribution in [0, 0.1) is 0 Å². The highest BCUT2D eigenvalue weighted by molar-refractivity contribution is 14.0. The number of nitrogens with zero attached hydrogens (tertiary/aromatic N) is 2. The number of nitrogens with one attached hydrogen (secondary N) is 1. The summed E-state index contributed by atoms with van der Waals surface area (Å²) in [5.41, 5.74) is -0.142. The second-order valence-electron chi connectivity index (χ2n) is 6.80. The van der Waals surface area contributed by atoms with E-state index in [-0.39, 0.29) is 29.6 Å². The Labute approximate surface area is 175 Å². The second-order valence-corrected chi connectivity index (χ2v) is 6.80. The van der Waals surface area contributed by atoms with Gasteiger partial charge >= 0.3 is 0 Å². The largest absolute Gasteiger partial charge is 0.385 e. The Morgan fingerprint density at radius 3 is 2.46 bits per heavy atom. The zero-order valence-corrected chi connectivity index (χ0v) is 18.8. The number of methoxy groups -OCH3 is 2.